The Bertz CT molecular complexity index is 735. The Morgan fingerprint density at radius 1 is 1.46 bits per heavy atom. The summed E-state index contributed by atoms with van der Waals surface area (Å²) in [7, 11) is 3.58. The minimum absolute atomic E-state index is 0.222. The zero-order chi connectivity index (χ0) is 16.6. The maximum absolute atomic E-state index is 6.30. The highest BCUT2D eigenvalue weighted by atomic mass is 32.1. The molecule has 7 heteroatoms. The number of nitrogens with zero attached hydrogens (tertiary/aromatic N) is 3. The molecule has 2 aromatic rings. The molecule has 6 nitrogen and oxygen atoms in total. The minimum atomic E-state index is -0.222. The lowest BCUT2D eigenvalue weighted by molar-refractivity contribution is -0.0871. The fourth-order valence-electron chi connectivity index (χ4n) is 3.80. The van der Waals surface area contributed by atoms with Crippen LogP contribution in [0.2, 0.25) is 0 Å². The first-order valence-corrected chi connectivity index (χ1v) is 9.07. The molecular formula is C17H22N4O2S. The van der Waals surface area contributed by atoms with E-state index in [4.69, 9.17) is 9.47 Å². The quantitative estimate of drug-likeness (QED) is 0.918. The summed E-state index contributed by atoms with van der Waals surface area (Å²) >= 11 is 1.71. The molecule has 1 unspecified atom stereocenters. The van der Waals surface area contributed by atoms with Crippen molar-refractivity contribution in [3.63, 3.8) is 0 Å². The van der Waals surface area contributed by atoms with Gasteiger partial charge >= 0.3 is 0 Å². The van der Waals surface area contributed by atoms with Crippen LogP contribution in [-0.2, 0) is 23.5 Å². The largest absolute Gasteiger partial charge is 0.481 e. The molecule has 0 aliphatic carbocycles. The van der Waals surface area contributed by atoms with Crippen molar-refractivity contribution < 1.29 is 9.47 Å². The molecule has 128 valence electrons. The highest BCUT2D eigenvalue weighted by Crippen LogP contribution is 2.45. The third-order valence-corrected chi connectivity index (χ3v) is 5.87. The topological polar surface area (TPSA) is 59.5 Å². The third kappa shape index (κ3) is 2.66. The van der Waals surface area contributed by atoms with E-state index in [0.717, 1.165) is 43.2 Å². The highest BCUT2D eigenvalue weighted by Gasteiger charge is 2.44. The van der Waals surface area contributed by atoms with Gasteiger partial charge in [0.05, 0.1) is 13.7 Å². The van der Waals surface area contributed by atoms with Gasteiger partial charge in [-0.1, -0.05) is 0 Å². The normalized spacial score (nSPS) is 23.4. The van der Waals surface area contributed by atoms with Gasteiger partial charge in [0.15, 0.2) is 5.13 Å². The predicted octanol–water partition coefficient (Wildman–Crippen LogP) is 2.61. The van der Waals surface area contributed by atoms with Crippen molar-refractivity contribution in [1.82, 2.24) is 14.9 Å². The number of pyridine rings is 1. The van der Waals surface area contributed by atoms with Crippen LogP contribution in [0.3, 0.4) is 0 Å². The number of thiazole rings is 1. The third-order valence-electron chi connectivity index (χ3n) is 4.87. The first-order chi connectivity index (χ1) is 11.7. The van der Waals surface area contributed by atoms with Gasteiger partial charge in [0.2, 0.25) is 5.88 Å². The molecular weight excluding hydrogens is 324 g/mol. The summed E-state index contributed by atoms with van der Waals surface area (Å²) in [6.07, 6.45) is 5.97. The Morgan fingerprint density at radius 2 is 2.38 bits per heavy atom. The monoisotopic (exact) mass is 346 g/mol. The zero-order valence-corrected chi connectivity index (χ0v) is 14.9. The lowest BCUT2D eigenvalue weighted by Crippen LogP contribution is -2.45. The predicted molar refractivity (Wildman–Crippen MR) is 93.4 cm³/mol. The average molecular weight is 346 g/mol. The number of likely N-dealkylation sites (tertiary alicyclic amines) is 1. The number of rotatable bonds is 4. The molecule has 1 atom stereocenters. The van der Waals surface area contributed by atoms with Gasteiger partial charge in [0.25, 0.3) is 0 Å². The number of anilines is 1. The summed E-state index contributed by atoms with van der Waals surface area (Å²) < 4.78 is 11.7. The number of ether oxygens (including phenoxy) is 2. The van der Waals surface area contributed by atoms with Crippen molar-refractivity contribution in [1.29, 1.82) is 0 Å². The summed E-state index contributed by atoms with van der Waals surface area (Å²) in [4.78, 5) is 12.4. The van der Waals surface area contributed by atoms with Crippen LogP contribution >= 0.6 is 11.3 Å². The van der Waals surface area contributed by atoms with E-state index in [1.54, 1.807) is 18.4 Å². The zero-order valence-electron chi connectivity index (χ0n) is 14.0. The van der Waals surface area contributed by atoms with E-state index in [1.807, 2.05) is 19.4 Å². The Hall–Kier alpha value is -1.70. The van der Waals surface area contributed by atoms with E-state index in [0.29, 0.717) is 12.5 Å². The molecule has 1 fully saturated rings. The molecule has 0 radical (unpaired) electrons. The number of methoxy groups -OCH3 is 1. The van der Waals surface area contributed by atoms with Crippen molar-refractivity contribution in [3.8, 4) is 5.88 Å². The van der Waals surface area contributed by atoms with Gasteiger partial charge in [0.1, 0.15) is 5.60 Å². The molecule has 2 aromatic heterocycles. The smallest absolute Gasteiger partial charge is 0.218 e. The second-order valence-electron chi connectivity index (χ2n) is 6.33. The standard InChI is InChI=1S/C17H22N4O2S/c1-18-16-20-8-12(24-16)9-21-7-3-5-17(11-21)14-4-6-19-15(22-2)13(14)10-23-17/h4,6,8H,3,5,7,9-11H2,1-2H3,(H,18,20). The second-order valence-corrected chi connectivity index (χ2v) is 7.44. The van der Waals surface area contributed by atoms with Crippen molar-refractivity contribution in [2.45, 2.75) is 31.6 Å². The van der Waals surface area contributed by atoms with Gasteiger partial charge in [-0.3, -0.25) is 4.90 Å². The van der Waals surface area contributed by atoms with Gasteiger partial charge in [-0.05, 0) is 31.0 Å². The van der Waals surface area contributed by atoms with Gasteiger partial charge < -0.3 is 14.8 Å². The van der Waals surface area contributed by atoms with E-state index >= 15 is 0 Å². The summed E-state index contributed by atoms with van der Waals surface area (Å²) in [5.74, 6) is 0.697. The summed E-state index contributed by atoms with van der Waals surface area (Å²) in [5, 5.41) is 4.07. The van der Waals surface area contributed by atoms with Crippen LogP contribution in [-0.4, -0.2) is 42.1 Å². The first kappa shape index (κ1) is 15.8. The highest BCUT2D eigenvalue weighted by molar-refractivity contribution is 7.15. The minimum Gasteiger partial charge on any atom is -0.481 e. The molecule has 2 aliphatic heterocycles. The molecule has 24 heavy (non-hydrogen) atoms. The number of aromatic nitrogens is 2. The number of fused-ring (bicyclic) bond motifs is 2. The Kier molecular flexibility index (Phi) is 4.15. The van der Waals surface area contributed by atoms with E-state index in [-0.39, 0.29) is 5.60 Å². The molecule has 4 rings (SSSR count). The van der Waals surface area contributed by atoms with Crippen molar-refractivity contribution in [2.75, 3.05) is 32.6 Å². The average Bonchev–Trinajstić information content (AvgIpc) is 3.20. The van der Waals surface area contributed by atoms with E-state index < -0.39 is 0 Å². The first-order valence-electron chi connectivity index (χ1n) is 8.25. The Balaban J connectivity index is 1.56. The van der Waals surface area contributed by atoms with Crippen LogP contribution in [0.4, 0.5) is 5.13 Å². The molecule has 0 saturated carbocycles. The van der Waals surface area contributed by atoms with E-state index in [2.05, 4.69) is 26.3 Å². The van der Waals surface area contributed by atoms with Crippen molar-refractivity contribution in [3.05, 3.63) is 34.5 Å². The van der Waals surface area contributed by atoms with Crippen molar-refractivity contribution in [2.24, 2.45) is 0 Å². The van der Waals surface area contributed by atoms with Crippen LogP contribution < -0.4 is 10.1 Å². The van der Waals surface area contributed by atoms with Crippen LogP contribution in [0.15, 0.2) is 18.5 Å². The van der Waals surface area contributed by atoms with Crippen LogP contribution in [0.1, 0.15) is 28.8 Å². The fraction of sp³-hybridized carbons (Fsp3) is 0.529. The van der Waals surface area contributed by atoms with Gasteiger partial charge in [-0.2, -0.15) is 0 Å². The number of nitrogens with one attached hydrogen (secondary N) is 1. The SMILES string of the molecule is CNc1ncc(CN2CCCC3(C2)OCc2c3ccnc2OC)s1. The maximum Gasteiger partial charge on any atom is 0.218 e. The molecule has 1 N–H and O–H groups in total. The molecule has 1 spiro atoms. The molecule has 0 aromatic carbocycles. The summed E-state index contributed by atoms with van der Waals surface area (Å²) in [5.41, 5.74) is 2.14. The number of hydrogen-bond acceptors (Lipinski definition) is 7. The summed E-state index contributed by atoms with van der Waals surface area (Å²) in [6, 6.07) is 2.10. The van der Waals surface area contributed by atoms with Gasteiger partial charge in [0, 0.05) is 43.0 Å². The molecule has 4 heterocycles. The molecule has 0 bridgehead atoms. The van der Waals surface area contributed by atoms with E-state index in [1.165, 1.54) is 10.4 Å². The maximum atomic E-state index is 6.30. The van der Waals surface area contributed by atoms with Crippen LogP contribution in [0, 0.1) is 0 Å². The van der Waals surface area contributed by atoms with Crippen LogP contribution in [0.5, 0.6) is 5.88 Å². The fourth-order valence-corrected chi connectivity index (χ4v) is 4.61. The molecule has 0 amide bonds. The second kappa shape index (κ2) is 6.31. The van der Waals surface area contributed by atoms with Crippen molar-refractivity contribution >= 4 is 16.5 Å². The summed E-state index contributed by atoms with van der Waals surface area (Å²) in [6.45, 7) is 3.50. The number of hydrogen-bond donors (Lipinski definition) is 1. The molecule has 2 aliphatic rings. The van der Waals surface area contributed by atoms with Crippen LogP contribution in [0.25, 0.3) is 0 Å². The Labute approximate surface area is 145 Å². The van der Waals surface area contributed by atoms with Gasteiger partial charge in [-0.25, -0.2) is 9.97 Å². The van der Waals surface area contributed by atoms with E-state index in [9.17, 15) is 0 Å². The molecule has 1 saturated heterocycles. The lowest BCUT2D eigenvalue weighted by Gasteiger charge is -2.40. The number of piperidine rings is 1. The lowest BCUT2D eigenvalue weighted by atomic mass is 9.85. The van der Waals surface area contributed by atoms with Gasteiger partial charge in [-0.15, -0.1) is 11.3 Å². The Morgan fingerprint density at radius 3 is 3.17 bits per heavy atom.